The number of benzene rings is 2. The summed E-state index contributed by atoms with van der Waals surface area (Å²) in [6.45, 7) is 15.9. The van der Waals surface area contributed by atoms with Crippen molar-refractivity contribution >= 4 is 55.9 Å². The zero-order valence-electron chi connectivity index (χ0n) is 46.0. The molecule has 2 aliphatic heterocycles. The highest BCUT2D eigenvalue weighted by molar-refractivity contribution is 7.92. The second kappa shape index (κ2) is 24.2. The van der Waals surface area contributed by atoms with Crippen molar-refractivity contribution < 1.29 is 27.5 Å². The number of hydrogen-bond donors (Lipinski definition) is 6. The molecule has 20 heteroatoms. The van der Waals surface area contributed by atoms with Crippen molar-refractivity contribution in [3.63, 3.8) is 0 Å². The molecule has 4 aliphatic rings. The van der Waals surface area contributed by atoms with Gasteiger partial charge in [0, 0.05) is 86.8 Å². The lowest BCUT2D eigenvalue weighted by Gasteiger charge is -2.36. The summed E-state index contributed by atoms with van der Waals surface area (Å²) in [6, 6.07) is 13.7. The van der Waals surface area contributed by atoms with Crippen molar-refractivity contribution in [1.29, 1.82) is 0 Å². The highest BCUT2D eigenvalue weighted by Gasteiger charge is 2.45. The molecule has 5 atom stereocenters. The van der Waals surface area contributed by atoms with Crippen LogP contribution < -0.4 is 36.2 Å². The number of nitrogens with one attached hydrogen (secondary N) is 6. The Morgan fingerprint density at radius 2 is 1.69 bits per heavy atom. The van der Waals surface area contributed by atoms with Gasteiger partial charge in [0.15, 0.2) is 15.7 Å². The van der Waals surface area contributed by atoms with E-state index in [1.807, 2.05) is 39.1 Å². The summed E-state index contributed by atoms with van der Waals surface area (Å²) < 4.78 is 33.2. The molecule has 2 aromatic carbocycles. The SMILES string of the molecule is CN[C@@H](C)CN[C@H](C(=O)N1C[C@@H](NC(=O)c2ccc(N3CCN(CCCOc4cc5ncnc(Nc6n[nH]c(C)c6C)c5cc4S(=O)(=O)C(C)(C)C)CC3)nc2)C[C@H]1C(=O)N[C@@H]1CCCc2ccccc21)C1CCCCC1. The number of anilines is 3. The molecule has 5 aromatic rings. The number of aromatic amines is 1. The van der Waals surface area contributed by atoms with Gasteiger partial charge < -0.3 is 41.1 Å². The minimum Gasteiger partial charge on any atom is -0.492 e. The smallest absolute Gasteiger partial charge is 0.253 e. The van der Waals surface area contributed by atoms with Crippen LogP contribution in [0.15, 0.2) is 66.0 Å². The fourth-order valence-corrected chi connectivity index (χ4v) is 12.6. The predicted molar refractivity (Wildman–Crippen MR) is 299 cm³/mol. The molecule has 0 spiro atoms. The number of likely N-dealkylation sites (tertiary alicyclic amines) is 1. The van der Waals surface area contributed by atoms with E-state index >= 15 is 0 Å². The van der Waals surface area contributed by atoms with Crippen LogP contribution in [0, 0.1) is 19.8 Å². The van der Waals surface area contributed by atoms with E-state index in [1.165, 1.54) is 11.9 Å². The van der Waals surface area contributed by atoms with Gasteiger partial charge in [0.2, 0.25) is 11.8 Å². The molecule has 3 aromatic heterocycles. The van der Waals surface area contributed by atoms with E-state index < -0.39 is 32.7 Å². The number of carbonyl (C=O) groups is 3. The second-order valence-electron chi connectivity index (χ2n) is 22.6. The molecule has 19 nitrogen and oxygen atoms in total. The number of carbonyl (C=O) groups excluding carboxylic acids is 3. The van der Waals surface area contributed by atoms with Crippen LogP contribution in [0.3, 0.4) is 0 Å². The van der Waals surface area contributed by atoms with Gasteiger partial charge in [-0.1, -0.05) is 43.5 Å². The van der Waals surface area contributed by atoms with Gasteiger partial charge in [-0.15, -0.1) is 0 Å². The minimum absolute atomic E-state index is 0.0693. The number of pyridine rings is 1. The molecule has 414 valence electrons. The molecule has 5 heterocycles. The number of aromatic nitrogens is 5. The third-order valence-corrected chi connectivity index (χ3v) is 18.8. The van der Waals surface area contributed by atoms with E-state index in [2.05, 4.69) is 75.6 Å². The van der Waals surface area contributed by atoms with Crippen molar-refractivity contribution in [1.82, 2.24) is 56.2 Å². The summed E-state index contributed by atoms with van der Waals surface area (Å²) in [5, 5.41) is 24.5. The first-order valence-electron chi connectivity index (χ1n) is 27.8. The molecular formula is C57H79N13O6S. The van der Waals surface area contributed by atoms with Crippen LogP contribution in [0.2, 0.25) is 0 Å². The van der Waals surface area contributed by atoms with Crippen molar-refractivity contribution in [2.75, 3.05) is 69.7 Å². The first kappa shape index (κ1) is 55.5. The summed E-state index contributed by atoms with van der Waals surface area (Å²) >= 11 is 0. The molecule has 0 radical (unpaired) electrons. The van der Waals surface area contributed by atoms with Crippen LogP contribution in [0.25, 0.3) is 10.9 Å². The van der Waals surface area contributed by atoms with Crippen LogP contribution >= 0.6 is 0 Å². The molecule has 0 bridgehead atoms. The lowest BCUT2D eigenvalue weighted by atomic mass is 9.83. The van der Waals surface area contributed by atoms with Gasteiger partial charge in [-0.2, -0.15) is 5.10 Å². The monoisotopic (exact) mass is 1070 g/mol. The Balaban J connectivity index is 0.803. The van der Waals surface area contributed by atoms with Gasteiger partial charge in [-0.25, -0.2) is 23.4 Å². The molecule has 2 aliphatic carbocycles. The summed E-state index contributed by atoms with van der Waals surface area (Å²) in [5.41, 5.74) is 5.18. The van der Waals surface area contributed by atoms with Gasteiger partial charge in [0.25, 0.3) is 5.91 Å². The molecule has 77 heavy (non-hydrogen) atoms. The van der Waals surface area contributed by atoms with E-state index in [0.29, 0.717) is 54.1 Å². The van der Waals surface area contributed by atoms with Crippen LogP contribution in [0.1, 0.15) is 124 Å². The number of aryl methyl sites for hydroxylation is 2. The molecular weight excluding hydrogens is 995 g/mol. The Labute approximate surface area is 453 Å². The molecule has 0 unspecified atom stereocenters. The molecule has 3 fully saturated rings. The largest absolute Gasteiger partial charge is 0.492 e. The zero-order valence-corrected chi connectivity index (χ0v) is 46.8. The van der Waals surface area contributed by atoms with E-state index in [0.717, 1.165) is 107 Å². The number of ether oxygens (including phenoxy) is 1. The maximum atomic E-state index is 14.8. The van der Waals surface area contributed by atoms with Crippen LogP contribution in [0.4, 0.5) is 17.5 Å². The summed E-state index contributed by atoms with van der Waals surface area (Å²) in [6.07, 6.45) is 12.1. The van der Waals surface area contributed by atoms with Crippen molar-refractivity contribution in [2.45, 2.75) is 146 Å². The second-order valence-corrected chi connectivity index (χ2v) is 25.2. The quantitative estimate of drug-likeness (QED) is 0.0498. The van der Waals surface area contributed by atoms with E-state index in [4.69, 9.17) is 9.72 Å². The Bertz CT molecular complexity index is 2990. The molecule has 6 N–H and O–H groups in total. The Morgan fingerprint density at radius 3 is 2.40 bits per heavy atom. The number of H-pyrrole nitrogens is 1. The molecule has 3 amide bonds. The molecule has 1 saturated carbocycles. The average Bonchev–Trinajstić information content (AvgIpc) is 4.01. The topological polar surface area (TPSA) is 232 Å². The minimum atomic E-state index is -3.83. The number of hydrogen-bond acceptors (Lipinski definition) is 15. The van der Waals surface area contributed by atoms with Crippen LogP contribution in [-0.4, -0.2) is 149 Å². The summed E-state index contributed by atoms with van der Waals surface area (Å²) in [5.74, 6) is 1.71. The molecule has 2 saturated heterocycles. The Hall–Kier alpha value is -6.22. The average molecular weight is 1070 g/mol. The maximum absolute atomic E-state index is 14.8. The number of piperazine rings is 1. The standard InChI is InChI=1S/C57H79N13O6S/c1-36(58-7)32-60-51(40-16-9-8-10-17-40)56(73)70-34-42(29-47(70)55(72)64-45-20-13-18-39-15-11-12-19-43(39)45)63-54(71)41-21-22-50(59-33-41)69-26-24-68(25-27-69)23-14-28-76-48-31-46-44(30-49(48)77(74,75)57(4,5)6)53(62-35-61-46)65-52-37(2)38(3)66-67-52/h11-12,15,19,21-22,30-31,33,35-36,40,42,45,47,51,58,60H,8-10,13-14,16-18,20,23-29,32,34H2,1-7H3,(H,63,71)(H,64,72)(H2,61,62,65,66,67)/t36-,42-,45+,47-,51-/m0/s1. The van der Waals surface area contributed by atoms with Gasteiger partial charge in [0.1, 0.15) is 34.6 Å². The number of amides is 3. The van der Waals surface area contributed by atoms with Crippen molar-refractivity contribution in [3.8, 4) is 5.75 Å². The first-order chi connectivity index (χ1) is 37.0. The fraction of sp³-hybridized carbons (Fsp3) is 0.561. The number of fused-ring (bicyclic) bond motifs is 2. The third-order valence-electron chi connectivity index (χ3n) is 16.3. The van der Waals surface area contributed by atoms with E-state index in [1.54, 1.807) is 50.1 Å². The Morgan fingerprint density at radius 1 is 0.909 bits per heavy atom. The van der Waals surface area contributed by atoms with E-state index in [9.17, 15) is 22.8 Å². The summed E-state index contributed by atoms with van der Waals surface area (Å²) in [4.78, 5) is 63.3. The fourth-order valence-electron chi connectivity index (χ4n) is 11.3. The number of nitrogens with zero attached hydrogens (tertiary/aromatic N) is 7. The predicted octanol–water partition coefficient (Wildman–Crippen LogP) is 6.31. The zero-order chi connectivity index (χ0) is 54.4. The Kier molecular flexibility index (Phi) is 17.5. The number of likely N-dealkylation sites (N-methyl/N-ethyl adjacent to an activating group) is 1. The van der Waals surface area contributed by atoms with E-state index in [-0.39, 0.29) is 52.9 Å². The number of sulfone groups is 1. The van der Waals surface area contributed by atoms with Gasteiger partial charge in [0.05, 0.1) is 34.5 Å². The third kappa shape index (κ3) is 12.7. The highest BCUT2D eigenvalue weighted by Crippen LogP contribution is 2.38. The maximum Gasteiger partial charge on any atom is 0.253 e. The van der Waals surface area contributed by atoms with Crippen molar-refractivity contribution in [2.24, 2.45) is 5.92 Å². The number of rotatable bonds is 19. The lowest BCUT2D eigenvalue weighted by molar-refractivity contribution is -0.141. The lowest BCUT2D eigenvalue weighted by Crippen LogP contribution is -2.56. The highest BCUT2D eigenvalue weighted by atomic mass is 32.2. The molecule has 9 rings (SSSR count). The normalized spacial score (nSPS) is 20.4. The van der Waals surface area contributed by atoms with Crippen LogP contribution in [-0.2, 0) is 25.8 Å². The van der Waals surface area contributed by atoms with Gasteiger partial charge >= 0.3 is 0 Å². The van der Waals surface area contributed by atoms with Crippen LogP contribution in [0.5, 0.6) is 5.75 Å². The van der Waals surface area contributed by atoms with Gasteiger partial charge in [-0.05, 0) is 129 Å². The van der Waals surface area contributed by atoms with Crippen molar-refractivity contribution in [3.05, 3.63) is 89.0 Å². The summed E-state index contributed by atoms with van der Waals surface area (Å²) in [7, 11) is -1.91. The first-order valence-corrected chi connectivity index (χ1v) is 29.3. The van der Waals surface area contributed by atoms with Gasteiger partial charge in [-0.3, -0.25) is 24.4 Å².